The maximum Gasteiger partial charge on any atom is 0.412 e. The molecule has 0 aliphatic carbocycles. The van der Waals surface area contributed by atoms with E-state index in [9.17, 15) is 19.2 Å². The van der Waals surface area contributed by atoms with E-state index in [4.69, 9.17) is 9.47 Å². The minimum absolute atomic E-state index is 0.373. The third-order valence-electron chi connectivity index (χ3n) is 2.21. The lowest BCUT2D eigenvalue weighted by molar-refractivity contribution is -0.116. The number of hydrogen-bond acceptors (Lipinski definition) is 6. The van der Waals surface area contributed by atoms with Gasteiger partial charge in [-0.05, 0) is 41.5 Å². The molecule has 0 fully saturated rings. The molecule has 0 atom stereocenters. The van der Waals surface area contributed by atoms with Gasteiger partial charge >= 0.3 is 12.2 Å². The third kappa shape index (κ3) is 8.92. The Morgan fingerprint density at radius 1 is 0.625 bits per heavy atom. The number of carbonyl (C=O) groups is 4. The number of carbonyl (C=O) groups excluding carboxylic acids is 4. The van der Waals surface area contributed by atoms with Gasteiger partial charge in [-0.15, -0.1) is 0 Å². The summed E-state index contributed by atoms with van der Waals surface area (Å²) in [6.07, 6.45) is -1.84. The predicted octanol–water partition coefficient (Wildman–Crippen LogP) is 2.43. The third-order valence-corrected chi connectivity index (χ3v) is 2.21. The molecular weight excluding hydrogens is 316 g/mol. The Morgan fingerprint density at radius 3 is 1.04 bits per heavy atom. The Hall–Kier alpha value is -2.38. The van der Waals surface area contributed by atoms with Crippen molar-refractivity contribution < 1.29 is 28.7 Å². The first-order valence-electron chi connectivity index (χ1n) is 7.38. The normalized spacial score (nSPS) is 12.7. The maximum atomic E-state index is 11.8. The average molecular weight is 342 g/mol. The zero-order chi connectivity index (χ0) is 19.3. The van der Waals surface area contributed by atoms with Crippen molar-refractivity contribution in [2.75, 3.05) is 0 Å². The molecule has 0 bridgehead atoms. The quantitative estimate of drug-likeness (QED) is 0.759. The van der Waals surface area contributed by atoms with Crippen molar-refractivity contribution in [3.8, 4) is 0 Å². The Morgan fingerprint density at radius 2 is 0.875 bits per heavy atom. The van der Waals surface area contributed by atoms with Crippen molar-refractivity contribution in [3.63, 3.8) is 0 Å². The predicted molar refractivity (Wildman–Crippen MR) is 87.1 cm³/mol. The van der Waals surface area contributed by atoms with Crippen molar-refractivity contribution >= 4 is 23.8 Å². The van der Waals surface area contributed by atoms with Crippen LogP contribution in [-0.2, 0) is 19.1 Å². The minimum Gasteiger partial charge on any atom is -0.444 e. The van der Waals surface area contributed by atoms with Gasteiger partial charge in [0.15, 0.2) is 11.6 Å². The van der Waals surface area contributed by atoms with Gasteiger partial charge in [-0.25, -0.2) is 9.59 Å². The van der Waals surface area contributed by atoms with Crippen LogP contribution in [0, 0.1) is 0 Å². The molecule has 0 unspecified atom stereocenters. The second kappa shape index (κ2) is 7.94. The average Bonchev–Trinajstić information content (AvgIpc) is 2.28. The zero-order valence-corrected chi connectivity index (χ0v) is 15.4. The van der Waals surface area contributed by atoms with Gasteiger partial charge in [-0.1, -0.05) is 0 Å². The van der Waals surface area contributed by atoms with E-state index in [0.29, 0.717) is 0 Å². The summed E-state index contributed by atoms with van der Waals surface area (Å²) >= 11 is 0. The van der Waals surface area contributed by atoms with E-state index < -0.39 is 35.0 Å². The monoisotopic (exact) mass is 342 g/mol. The lowest BCUT2D eigenvalue weighted by Crippen LogP contribution is -2.39. The molecule has 0 aliphatic rings. The molecular formula is C16H26N2O6. The van der Waals surface area contributed by atoms with E-state index in [1.54, 1.807) is 41.5 Å². The fourth-order valence-corrected chi connectivity index (χ4v) is 1.46. The Labute approximate surface area is 141 Å². The van der Waals surface area contributed by atoms with Crippen molar-refractivity contribution in [1.82, 2.24) is 10.6 Å². The van der Waals surface area contributed by atoms with Gasteiger partial charge in [-0.2, -0.15) is 0 Å². The van der Waals surface area contributed by atoms with Crippen LogP contribution >= 0.6 is 0 Å². The molecule has 0 heterocycles. The molecule has 0 saturated heterocycles. The van der Waals surface area contributed by atoms with Gasteiger partial charge in [0.1, 0.15) is 22.6 Å². The van der Waals surface area contributed by atoms with Gasteiger partial charge < -0.3 is 9.47 Å². The SMILES string of the molecule is CC(=O)/C(NC(=O)OC(C)(C)C)=C(\NC(=O)OC(C)(C)C)C(C)=O. The highest BCUT2D eigenvalue weighted by molar-refractivity contribution is 6.07. The summed E-state index contributed by atoms with van der Waals surface area (Å²) in [6.45, 7) is 12.2. The first-order valence-corrected chi connectivity index (χ1v) is 7.38. The van der Waals surface area contributed by atoms with Crippen LogP contribution in [0.15, 0.2) is 11.4 Å². The zero-order valence-electron chi connectivity index (χ0n) is 15.4. The maximum absolute atomic E-state index is 11.8. The fourth-order valence-electron chi connectivity index (χ4n) is 1.46. The molecule has 24 heavy (non-hydrogen) atoms. The van der Waals surface area contributed by atoms with Crippen molar-refractivity contribution in [1.29, 1.82) is 0 Å². The van der Waals surface area contributed by atoms with Crippen LogP contribution in [0.2, 0.25) is 0 Å². The summed E-state index contributed by atoms with van der Waals surface area (Å²) in [7, 11) is 0. The molecule has 136 valence electrons. The van der Waals surface area contributed by atoms with Crippen LogP contribution in [0.3, 0.4) is 0 Å². The topological polar surface area (TPSA) is 111 Å². The number of ether oxygens (including phenoxy) is 2. The van der Waals surface area contributed by atoms with Crippen LogP contribution in [0.25, 0.3) is 0 Å². The van der Waals surface area contributed by atoms with Crippen molar-refractivity contribution in [3.05, 3.63) is 11.4 Å². The van der Waals surface area contributed by atoms with Crippen molar-refractivity contribution in [2.24, 2.45) is 0 Å². The van der Waals surface area contributed by atoms with E-state index in [-0.39, 0.29) is 11.4 Å². The summed E-state index contributed by atoms with van der Waals surface area (Å²) in [5, 5.41) is 4.40. The Balaban J connectivity index is 5.52. The molecule has 0 spiro atoms. The number of ketones is 2. The van der Waals surface area contributed by atoms with Crippen LogP contribution in [-0.4, -0.2) is 35.0 Å². The molecule has 2 amide bonds. The first-order chi connectivity index (χ1) is 10.6. The lowest BCUT2D eigenvalue weighted by Gasteiger charge is -2.22. The van der Waals surface area contributed by atoms with Gasteiger partial charge in [-0.3, -0.25) is 20.2 Å². The Kier molecular flexibility index (Phi) is 7.15. The van der Waals surface area contributed by atoms with Crippen LogP contribution in [0.4, 0.5) is 9.59 Å². The smallest absolute Gasteiger partial charge is 0.412 e. The Bertz CT molecular complexity index is 514. The van der Waals surface area contributed by atoms with E-state index in [2.05, 4.69) is 10.6 Å². The van der Waals surface area contributed by atoms with Gasteiger partial charge in [0.25, 0.3) is 0 Å². The molecule has 8 nitrogen and oxygen atoms in total. The molecule has 0 radical (unpaired) electrons. The number of rotatable bonds is 4. The first kappa shape index (κ1) is 21.6. The molecule has 0 aromatic rings. The number of nitrogens with one attached hydrogen (secondary N) is 2. The van der Waals surface area contributed by atoms with Crippen LogP contribution in [0.5, 0.6) is 0 Å². The number of allylic oxidation sites excluding steroid dienone is 2. The number of Topliss-reactive ketones (excluding diaryl/α,β-unsaturated/α-hetero) is 2. The van der Waals surface area contributed by atoms with Crippen molar-refractivity contribution in [2.45, 2.75) is 66.6 Å². The van der Waals surface area contributed by atoms with Gasteiger partial charge in [0, 0.05) is 13.8 Å². The van der Waals surface area contributed by atoms with E-state index in [1.807, 2.05) is 0 Å². The molecule has 0 aromatic carbocycles. The summed E-state index contributed by atoms with van der Waals surface area (Å²) in [5.74, 6) is -1.25. The molecule has 0 aromatic heterocycles. The van der Waals surface area contributed by atoms with E-state index >= 15 is 0 Å². The molecule has 8 heteroatoms. The summed E-state index contributed by atoms with van der Waals surface area (Å²) < 4.78 is 10.1. The van der Waals surface area contributed by atoms with Gasteiger partial charge in [0.05, 0.1) is 0 Å². The molecule has 0 rings (SSSR count). The van der Waals surface area contributed by atoms with E-state index in [1.165, 1.54) is 0 Å². The van der Waals surface area contributed by atoms with E-state index in [0.717, 1.165) is 13.8 Å². The molecule has 0 aliphatic heterocycles. The highest BCUT2D eigenvalue weighted by Gasteiger charge is 2.25. The van der Waals surface area contributed by atoms with Crippen LogP contribution < -0.4 is 10.6 Å². The minimum atomic E-state index is -0.919. The summed E-state index contributed by atoms with van der Waals surface area (Å²) in [4.78, 5) is 47.3. The number of amides is 2. The van der Waals surface area contributed by atoms with Crippen LogP contribution in [0.1, 0.15) is 55.4 Å². The van der Waals surface area contributed by atoms with Gasteiger partial charge in [0.2, 0.25) is 0 Å². The molecule has 0 saturated carbocycles. The highest BCUT2D eigenvalue weighted by Crippen LogP contribution is 2.11. The fraction of sp³-hybridized carbons (Fsp3) is 0.625. The number of hydrogen-bond donors (Lipinski definition) is 2. The highest BCUT2D eigenvalue weighted by atomic mass is 16.6. The standard InChI is InChI=1S/C16H26N2O6/c1-9(19)11(17-13(21)23-15(3,4)5)12(10(2)20)18-14(22)24-16(6,7)8/h1-8H3,(H,17,21)(H,18,22)/b12-11+. The second-order valence-electron chi connectivity index (χ2n) is 7.12. The molecule has 2 N–H and O–H groups in total. The second-order valence-corrected chi connectivity index (χ2v) is 7.12. The lowest BCUT2D eigenvalue weighted by atomic mass is 10.2. The summed E-state index contributed by atoms with van der Waals surface area (Å²) in [6, 6.07) is 0. The number of alkyl carbamates (subject to hydrolysis) is 2. The largest absolute Gasteiger partial charge is 0.444 e. The summed E-state index contributed by atoms with van der Waals surface area (Å²) in [5.41, 5.74) is -2.33.